The molecule has 0 saturated carbocycles. The van der Waals surface area contributed by atoms with Gasteiger partial charge >= 0.3 is 0 Å². The Hall–Kier alpha value is 0.350. The Labute approximate surface area is 178 Å². The van der Waals surface area contributed by atoms with Gasteiger partial charge in [-0.25, -0.2) is 0 Å². The number of rotatable bonds is 22. The van der Waals surface area contributed by atoms with Crippen LogP contribution in [0.5, 0.6) is 0 Å². The fourth-order valence-electron chi connectivity index (χ4n) is 4.03. The van der Waals surface area contributed by atoms with E-state index in [1.807, 2.05) is 0 Å². The highest BCUT2D eigenvalue weighted by molar-refractivity contribution is 8.00. The Balaban J connectivity index is 4.42. The van der Waals surface area contributed by atoms with Gasteiger partial charge in [-0.15, -0.1) is 0 Å². The number of unbranched alkanes of at least 4 members (excludes halogenated alkanes) is 12. The standard InChI is InChI=1S/C26H54S/c1-5-9-13-17-21-25(22-18-14-10-6-2)27-26(23-19-15-11-7-3)24-20-16-12-8-4/h25-26H,5-24H2,1-4H3. The molecule has 0 aliphatic carbocycles. The third-order valence-corrected chi connectivity index (χ3v) is 7.62. The van der Waals surface area contributed by atoms with Gasteiger partial charge in [-0.05, 0) is 25.7 Å². The van der Waals surface area contributed by atoms with Crippen LogP contribution in [0.25, 0.3) is 0 Å². The van der Waals surface area contributed by atoms with Crippen LogP contribution in [0.4, 0.5) is 0 Å². The minimum atomic E-state index is 0.945. The van der Waals surface area contributed by atoms with E-state index in [4.69, 9.17) is 0 Å². The summed E-state index contributed by atoms with van der Waals surface area (Å²) in [7, 11) is 0. The van der Waals surface area contributed by atoms with Gasteiger partial charge in [-0.1, -0.05) is 130 Å². The zero-order valence-electron chi connectivity index (χ0n) is 19.7. The molecule has 0 aromatic rings. The highest BCUT2D eigenvalue weighted by Crippen LogP contribution is 2.33. The molecule has 0 aromatic heterocycles. The first kappa shape index (κ1) is 27.4. The molecule has 1 heteroatoms. The Morgan fingerprint density at radius 2 is 0.630 bits per heavy atom. The van der Waals surface area contributed by atoms with E-state index in [1.165, 1.54) is 128 Å². The molecule has 0 rings (SSSR count). The smallest absolute Gasteiger partial charge is 0.00498 e. The fourth-order valence-corrected chi connectivity index (χ4v) is 5.78. The highest BCUT2D eigenvalue weighted by Gasteiger charge is 2.17. The number of hydrogen-bond acceptors (Lipinski definition) is 1. The molecule has 0 nitrogen and oxygen atoms in total. The lowest BCUT2D eigenvalue weighted by Crippen LogP contribution is -2.12. The number of thioether (sulfide) groups is 1. The van der Waals surface area contributed by atoms with Gasteiger partial charge in [0.2, 0.25) is 0 Å². The van der Waals surface area contributed by atoms with E-state index in [1.54, 1.807) is 0 Å². The monoisotopic (exact) mass is 398 g/mol. The van der Waals surface area contributed by atoms with Crippen LogP contribution >= 0.6 is 11.8 Å². The average molecular weight is 399 g/mol. The summed E-state index contributed by atoms with van der Waals surface area (Å²) in [5.41, 5.74) is 0. The second kappa shape index (κ2) is 22.6. The molecular formula is C26H54S. The molecular weight excluding hydrogens is 344 g/mol. The quantitative estimate of drug-likeness (QED) is 0.163. The van der Waals surface area contributed by atoms with Gasteiger partial charge in [0.15, 0.2) is 0 Å². The lowest BCUT2D eigenvalue weighted by Gasteiger charge is -2.24. The van der Waals surface area contributed by atoms with E-state index in [9.17, 15) is 0 Å². The largest absolute Gasteiger partial charge is 0.155 e. The molecule has 0 aliphatic rings. The van der Waals surface area contributed by atoms with Crippen LogP contribution in [0.15, 0.2) is 0 Å². The normalized spacial score (nSPS) is 11.8. The molecule has 0 radical (unpaired) electrons. The van der Waals surface area contributed by atoms with Crippen molar-refractivity contribution >= 4 is 11.8 Å². The fraction of sp³-hybridized carbons (Fsp3) is 1.00. The van der Waals surface area contributed by atoms with Crippen molar-refractivity contribution in [1.82, 2.24) is 0 Å². The second-order valence-corrected chi connectivity index (χ2v) is 10.4. The zero-order chi connectivity index (χ0) is 20.0. The summed E-state index contributed by atoms with van der Waals surface area (Å²) in [5.74, 6) is 0. The van der Waals surface area contributed by atoms with E-state index < -0.39 is 0 Å². The first-order valence-corrected chi connectivity index (χ1v) is 13.9. The third-order valence-electron chi connectivity index (χ3n) is 5.90. The Morgan fingerprint density at radius 3 is 0.852 bits per heavy atom. The summed E-state index contributed by atoms with van der Waals surface area (Å²) >= 11 is 2.42. The first-order chi connectivity index (χ1) is 13.3. The molecule has 27 heavy (non-hydrogen) atoms. The Kier molecular flexibility index (Phi) is 22.9. The second-order valence-electron chi connectivity index (χ2n) is 8.78. The van der Waals surface area contributed by atoms with E-state index >= 15 is 0 Å². The van der Waals surface area contributed by atoms with Gasteiger partial charge in [0.05, 0.1) is 0 Å². The van der Waals surface area contributed by atoms with Crippen LogP contribution in [0.2, 0.25) is 0 Å². The van der Waals surface area contributed by atoms with Crippen LogP contribution < -0.4 is 0 Å². The molecule has 0 bridgehead atoms. The summed E-state index contributed by atoms with van der Waals surface area (Å²) < 4.78 is 0. The predicted octanol–water partition coefficient (Wildman–Crippen LogP) is 10.3. The Bertz CT molecular complexity index is 213. The van der Waals surface area contributed by atoms with E-state index in [-0.39, 0.29) is 0 Å². The summed E-state index contributed by atoms with van der Waals surface area (Å²) in [5, 5.41) is 1.89. The molecule has 0 aliphatic heterocycles. The molecule has 0 aromatic carbocycles. The van der Waals surface area contributed by atoms with Gasteiger partial charge < -0.3 is 0 Å². The third kappa shape index (κ3) is 19.4. The first-order valence-electron chi connectivity index (χ1n) is 12.9. The van der Waals surface area contributed by atoms with Gasteiger partial charge in [-0.2, -0.15) is 11.8 Å². The SMILES string of the molecule is CCCCCCC(CCCCCC)SC(CCCCCC)CCCCCC. The predicted molar refractivity (Wildman–Crippen MR) is 130 cm³/mol. The lowest BCUT2D eigenvalue weighted by molar-refractivity contribution is 0.546. The van der Waals surface area contributed by atoms with Crippen molar-refractivity contribution in [2.75, 3.05) is 0 Å². The van der Waals surface area contributed by atoms with Crippen molar-refractivity contribution in [3.63, 3.8) is 0 Å². The summed E-state index contributed by atoms with van der Waals surface area (Å²) in [6.07, 6.45) is 28.9. The van der Waals surface area contributed by atoms with Crippen molar-refractivity contribution in [3.8, 4) is 0 Å². The maximum Gasteiger partial charge on any atom is 0.00498 e. The molecule has 164 valence electrons. The molecule has 0 unspecified atom stereocenters. The van der Waals surface area contributed by atoms with Crippen LogP contribution in [0.1, 0.15) is 156 Å². The highest BCUT2D eigenvalue weighted by atomic mass is 32.2. The van der Waals surface area contributed by atoms with Crippen molar-refractivity contribution in [2.45, 2.75) is 167 Å². The molecule has 0 N–H and O–H groups in total. The molecule has 0 heterocycles. The molecule has 0 fully saturated rings. The minimum Gasteiger partial charge on any atom is -0.155 e. The van der Waals surface area contributed by atoms with Crippen LogP contribution in [0, 0.1) is 0 Å². The van der Waals surface area contributed by atoms with Gasteiger partial charge in [-0.3, -0.25) is 0 Å². The zero-order valence-corrected chi connectivity index (χ0v) is 20.5. The van der Waals surface area contributed by atoms with Gasteiger partial charge in [0.25, 0.3) is 0 Å². The topological polar surface area (TPSA) is 0 Å². The Morgan fingerprint density at radius 1 is 0.370 bits per heavy atom. The van der Waals surface area contributed by atoms with Crippen LogP contribution in [0.3, 0.4) is 0 Å². The maximum absolute atomic E-state index is 2.42. The molecule has 0 spiro atoms. The van der Waals surface area contributed by atoms with Crippen molar-refractivity contribution in [2.24, 2.45) is 0 Å². The summed E-state index contributed by atoms with van der Waals surface area (Å²) in [6, 6.07) is 0. The lowest BCUT2D eigenvalue weighted by atomic mass is 10.0. The van der Waals surface area contributed by atoms with Crippen molar-refractivity contribution < 1.29 is 0 Å². The van der Waals surface area contributed by atoms with Crippen molar-refractivity contribution in [1.29, 1.82) is 0 Å². The van der Waals surface area contributed by atoms with E-state index in [2.05, 4.69) is 39.5 Å². The molecule has 0 atom stereocenters. The molecule has 0 amide bonds. The summed E-state index contributed by atoms with van der Waals surface area (Å²) in [4.78, 5) is 0. The minimum absolute atomic E-state index is 0.945. The van der Waals surface area contributed by atoms with Crippen LogP contribution in [-0.4, -0.2) is 10.5 Å². The van der Waals surface area contributed by atoms with Gasteiger partial charge in [0, 0.05) is 10.5 Å². The van der Waals surface area contributed by atoms with Gasteiger partial charge in [0.1, 0.15) is 0 Å². The van der Waals surface area contributed by atoms with E-state index in [0.29, 0.717) is 0 Å². The number of hydrogen-bond donors (Lipinski definition) is 0. The van der Waals surface area contributed by atoms with Crippen LogP contribution in [-0.2, 0) is 0 Å². The maximum atomic E-state index is 2.42. The average Bonchev–Trinajstić information content (AvgIpc) is 2.68. The molecule has 0 saturated heterocycles. The summed E-state index contributed by atoms with van der Waals surface area (Å²) in [6.45, 7) is 9.33. The van der Waals surface area contributed by atoms with E-state index in [0.717, 1.165) is 10.5 Å². The van der Waals surface area contributed by atoms with Crippen molar-refractivity contribution in [3.05, 3.63) is 0 Å².